The van der Waals surface area contributed by atoms with E-state index in [9.17, 15) is 14.0 Å². The van der Waals surface area contributed by atoms with E-state index < -0.39 is 5.76 Å². The van der Waals surface area contributed by atoms with Crippen molar-refractivity contribution in [3.05, 3.63) is 51.5 Å². The first-order valence-electron chi connectivity index (χ1n) is 10.2. The minimum atomic E-state index is -0.706. The van der Waals surface area contributed by atoms with Gasteiger partial charge in [-0.25, -0.2) is 19.2 Å². The number of pyridine rings is 1. The molecule has 1 aliphatic heterocycles. The standard InChI is InChI=1S/C20H20FN7O4/c1-10-12-4-11(5-13(12)14(21)7-23-10)6-22-3-2-17-27-28(20(30)32-17)15-8-24-19-18(25-15)26-16(29)9-31-19/h7-8,11,22H,2-6,9H2,1H3,(H,25,26,29). The summed E-state index contributed by atoms with van der Waals surface area (Å²) < 4.78 is 25.3. The van der Waals surface area contributed by atoms with Crippen molar-refractivity contribution in [1.82, 2.24) is 30.0 Å². The van der Waals surface area contributed by atoms with Gasteiger partial charge in [0.05, 0.1) is 12.4 Å². The topological polar surface area (TPSA) is 137 Å². The molecule has 0 bridgehead atoms. The molecule has 1 aliphatic carbocycles. The lowest BCUT2D eigenvalue weighted by Gasteiger charge is -2.15. The second kappa shape index (κ2) is 8.11. The SMILES string of the molecule is Cc1ncc(F)c2c1CC(CNCCc1nn(-c3cnc4c(n3)NC(=O)CO4)c(=O)o1)C2. The largest absolute Gasteiger partial charge is 0.465 e. The summed E-state index contributed by atoms with van der Waals surface area (Å²) in [6.45, 7) is 3.00. The number of nitrogens with one attached hydrogen (secondary N) is 2. The molecule has 2 N–H and O–H groups in total. The first-order valence-corrected chi connectivity index (χ1v) is 10.2. The lowest BCUT2D eigenvalue weighted by atomic mass is 10.1. The average Bonchev–Trinajstić information content (AvgIpc) is 3.38. The van der Waals surface area contributed by atoms with E-state index in [1.807, 2.05) is 6.92 Å². The Kier molecular flexibility index (Phi) is 5.13. The fraction of sp³-hybridized carbons (Fsp3) is 0.400. The number of aryl methyl sites for hydroxylation is 1. The van der Waals surface area contributed by atoms with E-state index in [1.54, 1.807) is 0 Å². The van der Waals surface area contributed by atoms with Crippen LogP contribution >= 0.6 is 0 Å². The van der Waals surface area contributed by atoms with Gasteiger partial charge in [0.2, 0.25) is 5.89 Å². The summed E-state index contributed by atoms with van der Waals surface area (Å²) in [4.78, 5) is 35.9. The van der Waals surface area contributed by atoms with Crippen LogP contribution in [0.5, 0.6) is 5.88 Å². The molecule has 0 radical (unpaired) electrons. The highest BCUT2D eigenvalue weighted by molar-refractivity contribution is 5.93. The maximum atomic E-state index is 14.0. The summed E-state index contributed by atoms with van der Waals surface area (Å²) in [7, 11) is 0. The van der Waals surface area contributed by atoms with Gasteiger partial charge >= 0.3 is 5.76 Å². The molecule has 1 atom stereocenters. The van der Waals surface area contributed by atoms with Gasteiger partial charge < -0.3 is 19.8 Å². The number of carbonyl (C=O) groups excluding carboxylic acids is 1. The molecule has 3 aromatic rings. The Labute approximate surface area is 181 Å². The van der Waals surface area contributed by atoms with E-state index in [1.165, 1.54) is 12.4 Å². The lowest BCUT2D eigenvalue weighted by molar-refractivity contribution is -0.118. The Bertz CT molecular complexity index is 1220. The van der Waals surface area contributed by atoms with Crippen LogP contribution in [0.2, 0.25) is 0 Å². The molecule has 0 fully saturated rings. The summed E-state index contributed by atoms with van der Waals surface area (Å²) in [5.74, 6) is -0.373. The number of fused-ring (bicyclic) bond motifs is 2. The van der Waals surface area contributed by atoms with Crippen LogP contribution in [0, 0.1) is 18.7 Å². The number of nitrogens with zero attached hydrogens (tertiary/aromatic N) is 5. The van der Waals surface area contributed by atoms with Gasteiger partial charge in [-0.1, -0.05) is 0 Å². The van der Waals surface area contributed by atoms with E-state index in [-0.39, 0.29) is 47.7 Å². The van der Waals surface area contributed by atoms with E-state index in [2.05, 4.69) is 30.7 Å². The number of hydrogen-bond acceptors (Lipinski definition) is 9. The molecular formula is C20H20FN7O4. The quantitative estimate of drug-likeness (QED) is 0.519. The van der Waals surface area contributed by atoms with Gasteiger partial charge in [-0.2, -0.15) is 0 Å². The number of amides is 1. The molecule has 11 nitrogen and oxygen atoms in total. The minimum Gasteiger partial charge on any atom is -0.465 e. The highest BCUT2D eigenvalue weighted by Gasteiger charge is 2.26. The van der Waals surface area contributed by atoms with Crippen LogP contribution < -0.4 is 21.1 Å². The molecule has 0 saturated carbocycles. The number of anilines is 1. The molecule has 166 valence electrons. The van der Waals surface area contributed by atoms with Crippen molar-refractivity contribution in [2.75, 3.05) is 25.0 Å². The summed E-state index contributed by atoms with van der Waals surface area (Å²) in [5, 5.41) is 10.0. The number of halogens is 1. The second-order valence-electron chi connectivity index (χ2n) is 7.77. The van der Waals surface area contributed by atoms with Gasteiger partial charge in [-0.15, -0.1) is 9.78 Å². The van der Waals surface area contributed by atoms with Gasteiger partial charge in [0.25, 0.3) is 11.8 Å². The van der Waals surface area contributed by atoms with Crippen LogP contribution in [0.3, 0.4) is 0 Å². The van der Waals surface area contributed by atoms with Crippen molar-refractivity contribution >= 4 is 11.7 Å². The van der Waals surface area contributed by atoms with Gasteiger partial charge in [-0.3, -0.25) is 9.78 Å². The molecular weight excluding hydrogens is 421 g/mol. The summed E-state index contributed by atoms with van der Waals surface area (Å²) in [5.41, 5.74) is 2.66. The van der Waals surface area contributed by atoms with Crippen LogP contribution in [0.1, 0.15) is 22.7 Å². The normalized spacial score (nSPS) is 16.9. The first-order chi connectivity index (χ1) is 15.5. The van der Waals surface area contributed by atoms with Crippen LogP contribution in [-0.2, 0) is 24.1 Å². The highest BCUT2D eigenvalue weighted by atomic mass is 19.1. The third kappa shape index (κ3) is 3.84. The van der Waals surface area contributed by atoms with Crippen molar-refractivity contribution < 1.29 is 18.3 Å². The van der Waals surface area contributed by atoms with Gasteiger partial charge in [-0.05, 0) is 43.4 Å². The Hall–Kier alpha value is -3.67. The molecule has 5 rings (SSSR count). The van der Waals surface area contributed by atoms with Gasteiger partial charge in [0.1, 0.15) is 5.82 Å². The first kappa shape index (κ1) is 20.2. The Morgan fingerprint density at radius 3 is 2.94 bits per heavy atom. The number of hydrogen-bond donors (Lipinski definition) is 2. The Morgan fingerprint density at radius 1 is 1.25 bits per heavy atom. The molecule has 0 spiro atoms. The van der Waals surface area contributed by atoms with E-state index in [0.717, 1.165) is 27.9 Å². The average molecular weight is 441 g/mol. The van der Waals surface area contributed by atoms with Crippen molar-refractivity contribution in [2.24, 2.45) is 5.92 Å². The maximum absolute atomic E-state index is 14.0. The van der Waals surface area contributed by atoms with Gasteiger partial charge in [0.15, 0.2) is 18.2 Å². The zero-order valence-electron chi connectivity index (χ0n) is 17.2. The number of ether oxygens (including phenoxy) is 1. The maximum Gasteiger partial charge on any atom is 0.443 e. The number of carbonyl (C=O) groups is 1. The fourth-order valence-electron chi connectivity index (χ4n) is 3.98. The van der Waals surface area contributed by atoms with E-state index >= 15 is 0 Å². The van der Waals surface area contributed by atoms with Crippen molar-refractivity contribution in [1.29, 1.82) is 0 Å². The summed E-state index contributed by atoms with van der Waals surface area (Å²) >= 11 is 0. The molecule has 0 saturated heterocycles. The molecule has 3 aromatic heterocycles. The fourth-order valence-corrected chi connectivity index (χ4v) is 3.98. The predicted octanol–water partition coefficient (Wildman–Crippen LogP) is 0.336. The monoisotopic (exact) mass is 441 g/mol. The lowest BCUT2D eigenvalue weighted by Crippen LogP contribution is -2.27. The Balaban J connectivity index is 1.18. The van der Waals surface area contributed by atoms with Crippen molar-refractivity contribution in [2.45, 2.75) is 26.2 Å². The predicted molar refractivity (Wildman–Crippen MR) is 108 cm³/mol. The summed E-state index contributed by atoms with van der Waals surface area (Å²) in [6, 6.07) is 0. The zero-order chi connectivity index (χ0) is 22.2. The smallest absolute Gasteiger partial charge is 0.443 e. The molecule has 0 aromatic carbocycles. The van der Waals surface area contributed by atoms with Crippen molar-refractivity contribution in [3.63, 3.8) is 0 Å². The zero-order valence-corrected chi connectivity index (χ0v) is 17.2. The van der Waals surface area contributed by atoms with Crippen LogP contribution in [0.25, 0.3) is 5.82 Å². The highest BCUT2D eigenvalue weighted by Crippen LogP contribution is 2.29. The number of rotatable bonds is 6. The van der Waals surface area contributed by atoms with E-state index in [4.69, 9.17) is 9.15 Å². The third-order valence-corrected chi connectivity index (χ3v) is 5.53. The second-order valence-corrected chi connectivity index (χ2v) is 7.77. The molecule has 4 heterocycles. The molecule has 2 aliphatic rings. The van der Waals surface area contributed by atoms with E-state index in [0.29, 0.717) is 25.9 Å². The van der Waals surface area contributed by atoms with Crippen LogP contribution in [-0.4, -0.2) is 50.3 Å². The minimum absolute atomic E-state index is 0.109. The third-order valence-electron chi connectivity index (χ3n) is 5.53. The number of aromatic nitrogens is 5. The summed E-state index contributed by atoms with van der Waals surface area (Å²) in [6.07, 6.45) is 4.46. The molecule has 32 heavy (non-hydrogen) atoms. The molecule has 1 unspecified atom stereocenters. The van der Waals surface area contributed by atoms with Crippen LogP contribution in [0.15, 0.2) is 21.6 Å². The molecule has 1 amide bonds. The van der Waals surface area contributed by atoms with Crippen molar-refractivity contribution in [3.8, 4) is 11.7 Å². The molecule has 12 heteroatoms. The van der Waals surface area contributed by atoms with Gasteiger partial charge in [0, 0.05) is 18.7 Å². The van der Waals surface area contributed by atoms with Crippen LogP contribution in [0.4, 0.5) is 10.2 Å². The Morgan fingerprint density at radius 2 is 2.09 bits per heavy atom.